The van der Waals surface area contributed by atoms with Gasteiger partial charge in [-0.1, -0.05) is 18.2 Å². The van der Waals surface area contributed by atoms with Gasteiger partial charge in [-0.2, -0.15) is 0 Å². The summed E-state index contributed by atoms with van der Waals surface area (Å²) in [4.78, 5) is 22.7. The van der Waals surface area contributed by atoms with E-state index >= 15 is 0 Å². The van der Waals surface area contributed by atoms with E-state index in [0.717, 1.165) is 35.9 Å². The Balaban J connectivity index is 1.85. The molecule has 2 nitrogen and oxygen atoms in total. The lowest BCUT2D eigenvalue weighted by molar-refractivity contribution is -0.00544. The van der Waals surface area contributed by atoms with E-state index in [-0.39, 0.29) is 5.41 Å². The molecule has 0 radical (unpaired) electrons. The first kappa shape index (κ1) is 12.3. The minimum atomic E-state index is 0.185. The number of rotatable bonds is 3. The lowest BCUT2D eigenvalue weighted by atomic mass is 9.47. The van der Waals surface area contributed by atoms with E-state index in [9.17, 15) is 9.59 Å². The van der Waals surface area contributed by atoms with E-state index in [1.54, 1.807) is 6.07 Å². The van der Waals surface area contributed by atoms with Gasteiger partial charge >= 0.3 is 0 Å². The number of hydrogen-bond acceptors (Lipinski definition) is 2. The third-order valence-electron chi connectivity index (χ3n) is 5.99. The Bertz CT molecular complexity index is 537. The Morgan fingerprint density at radius 2 is 1.50 bits per heavy atom. The average molecular weight is 268 g/mol. The molecule has 5 rings (SSSR count). The summed E-state index contributed by atoms with van der Waals surface area (Å²) in [6, 6.07) is 5.81. The zero-order chi connectivity index (χ0) is 13.7. The van der Waals surface area contributed by atoms with E-state index in [4.69, 9.17) is 0 Å². The quantitative estimate of drug-likeness (QED) is 0.782. The molecule has 20 heavy (non-hydrogen) atoms. The molecule has 4 saturated carbocycles. The van der Waals surface area contributed by atoms with Crippen molar-refractivity contribution in [2.75, 3.05) is 0 Å². The summed E-state index contributed by atoms with van der Waals surface area (Å²) in [5.74, 6) is 2.54. The van der Waals surface area contributed by atoms with Crippen molar-refractivity contribution in [3.8, 4) is 0 Å². The van der Waals surface area contributed by atoms with Crippen molar-refractivity contribution in [2.45, 2.75) is 43.9 Å². The van der Waals surface area contributed by atoms with E-state index in [0.29, 0.717) is 11.1 Å². The fourth-order valence-corrected chi connectivity index (χ4v) is 5.72. The van der Waals surface area contributed by atoms with Gasteiger partial charge in [0.1, 0.15) is 0 Å². The molecule has 0 unspecified atom stereocenters. The third kappa shape index (κ3) is 1.63. The Morgan fingerprint density at radius 3 is 2.00 bits per heavy atom. The van der Waals surface area contributed by atoms with Crippen molar-refractivity contribution < 1.29 is 9.59 Å². The van der Waals surface area contributed by atoms with Gasteiger partial charge in [-0.05, 0) is 67.3 Å². The van der Waals surface area contributed by atoms with E-state index in [1.807, 2.05) is 6.07 Å². The largest absolute Gasteiger partial charge is 0.298 e. The molecule has 104 valence electrons. The molecule has 0 atom stereocenters. The normalized spacial score (nSPS) is 37.9. The van der Waals surface area contributed by atoms with Crippen LogP contribution in [-0.2, 0) is 5.41 Å². The first-order valence-electron chi connectivity index (χ1n) is 7.78. The Morgan fingerprint density at radius 1 is 0.900 bits per heavy atom. The zero-order valence-corrected chi connectivity index (χ0v) is 11.7. The van der Waals surface area contributed by atoms with Gasteiger partial charge in [-0.15, -0.1) is 0 Å². The molecule has 1 aromatic rings. The molecule has 0 heterocycles. The molecule has 0 aliphatic heterocycles. The molecule has 4 aliphatic rings. The molecule has 0 N–H and O–H groups in total. The molecule has 4 fully saturated rings. The van der Waals surface area contributed by atoms with Crippen molar-refractivity contribution >= 4 is 12.6 Å². The van der Waals surface area contributed by atoms with Gasteiger partial charge in [0, 0.05) is 11.1 Å². The van der Waals surface area contributed by atoms with Crippen molar-refractivity contribution in [3.05, 3.63) is 34.9 Å². The number of hydrogen-bond donors (Lipinski definition) is 0. The second kappa shape index (κ2) is 4.28. The molecular weight excluding hydrogens is 248 g/mol. The number of aldehydes is 2. The molecular formula is C18H20O2. The molecule has 1 aromatic carbocycles. The van der Waals surface area contributed by atoms with Gasteiger partial charge in [0.25, 0.3) is 0 Å². The maximum Gasteiger partial charge on any atom is 0.151 e. The van der Waals surface area contributed by atoms with Crippen LogP contribution in [0.5, 0.6) is 0 Å². The smallest absolute Gasteiger partial charge is 0.151 e. The lowest BCUT2D eigenvalue weighted by Gasteiger charge is -2.57. The standard InChI is InChI=1S/C18H20O2/c19-10-15-2-1-3-17(16(15)11-20)18-7-12-4-13(8-18)6-14(5-12)9-18/h1-3,10-14H,4-9H2. The van der Waals surface area contributed by atoms with Crippen LogP contribution in [0.2, 0.25) is 0 Å². The fraction of sp³-hybridized carbons (Fsp3) is 0.556. The molecule has 0 saturated heterocycles. The summed E-state index contributed by atoms with van der Waals surface area (Å²) < 4.78 is 0. The Kier molecular flexibility index (Phi) is 2.63. The number of carbonyl (C=O) groups excluding carboxylic acids is 2. The predicted molar refractivity (Wildman–Crippen MR) is 77.1 cm³/mol. The van der Waals surface area contributed by atoms with Crippen LogP contribution in [0.15, 0.2) is 18.2 Å². The van der Waals surface area contributed by atoms with Crippen molar-refractivity contribution in [1.29, 1.82) is 0 Å². The zero-order valence-electron chi connectivity index (χ0n) is 11.7. The number of benzene rings is 1. The second-order valence-electron chi connectivity index (χ2n) is 7.24. The highest BCUT2D eigenvalue weighted by molar-refractivity contribution is 5.92. The second-order valence-corrected chi connectivity index (χ2v) is 7.24. The summed E-state index contributed by atoms with van der Waals surface area (Å²) in [6.07, 6.45) is 9.58. The van der Waals surface area contributed by atoms with Gasteiger partial charge in [0.15, 0.2) is 12.6 Å². The van der Waals surface area contributed by atoms with Crippen LogP contribution in [0, 0.1) is 17.8 Å². The molecule has 2 heteroatoms. The monoisotopic (exact) mass is 268 g/mol. The van der Waals surface area contributed by atoms with Crippen LogP contribution in [0.25, 0.3) is 0 Å². The number of carbonyl (C=O) groups is 2. The summed E-state index contributed by atoms with van der Waals surface area (Å²) >= 11 is 0. The SMILES string of the molecule is O=Cc1cccc(C23CC4CC(CC(C4)C2)C3)c1C=O. The fourth-order valence-electron chi connectivity index (χ4n) is 5.72. The van der Waals surface area contributed by atoms with Crippen LogP contribution in [-0.4, -0.2) is 12.6 Å². The van der Waals surface area contributed by atoms with Crippen LogP contribution in [0.3, 0.4) is 0 Å². The summed E-state index contributed by atoms with van der Waals surface area (Å²) in [7, 11) is 0. The van der Waals surface area contributed by atoms with Gasteiger partial charge < -0.3 is 0 Å². The molecule has 0 spiro atoms. The highest BCUT2D eigenvalue weighted by Gasteiger charge is 2.52. The van der Waals surface area contributed by atoms with Crippen molar-refractivity contribution in [1.82, 2.24) is 0 Å². The van der Waals surface area contributed by atoms with Gasteiger partial charge in [0.05, 0.1) is 0 Å². The van der Waals surface area contributed by atoms with E-state index < -0.39 is 0 Å². The van der Waals surface area contributed by atoms with Gasteiger partial charge in [0.2, 0.25) is 0 Å². The molecule has 4 bridgehead atoms. The topological polar surface area (TPSA) is 34.1 Å². The minimum absolute atomic E-state index is 0.185. The third-order valence-corrected chi connectivity index (χ3v) is 5.99. The summed E-state index contributed by atoms with van der Waals surface area (Å²) in [6.45, 7) is 0. The lowest BCUT2D eigenvalue weighted by Crippen LogP contribution is -2.49. The van der Waals surface area contributed by atoms with Crippen LogP contribution in [0.1, 0.15) is 64.8 Å². The van der Waals surface area contributed by atoms with E-state index in [2.05, 4.69) is 6.07 Å². The average Bonchev–Trinajstić information content (AvgIpc) is 2.44. The Labute approximate surface area is 119 Å². The maximum atomic E-state index is 11.5. The Hall–Kier alpha value is -1.44. The van der Waals surface area contributed by atoms with Crippen LogP contribution < -0.4 is 0 Å². The molecule has 0 amide bonds. The first-order chi connectivity index (χ1) is 9.74. The van der Waals surface area contributed by atoms with Crippen molar-refractivity contribution in [2.24, 2.45) is 17.8 Å². The summed E-state index contributed by atoms with van der Waals surface area (Å²) in [5.41, 5.74) is 2.57. The molecule has 4 aliphatic carbocycles. The maximum absolute atomic E-state index is 11.5. The van der Waals surface area contributed by atoms with Gasteiger partial charge in [-0.3, -0.25) is 9.59 Å². The first-order valence-corrected chi connectivity index (χ1v) is 7.78. The highest BCUT2D eigenvalue weighted by Crippen LogP contribution is 2.61. The van der Waals surface area contributed by atoms with Crippen LogP contribution in [0.4, 0.5) is 0 Å². The van der Waals surface area contributed by atoms with Gasteiger partial charge in [-0.25, -0.2) is 0 Å². The minimum Gasteiger partial charge on any atom is -0.298 e. The summed E-state index contributed by atoms with van der Waals surface area (Å²) in [5, 5.41) is 0. The highest BCUT2D eigenvalue weighted by atomic mass is 16.1. The molecule has 0 aromatic heterocycles. The van der Waals surface area contributed by atoms with Crippen LogP contribution >= 0.6 is 0 Å². The van der Waals surface area contributed by atoms with E-state index in [1.165, 1.54) is 38.5 Å². The predicted octanol–water partition coefficient (Wildman–Crippen LogP) is 3.78. The van der Waals surface area contributed by atoms with Crippen molar-refractivity contribution in [3.63, 3.8) is 0 Å².